The molecule has 0 saturated carbocycles. The Balaban J connectivity index is 3.43. The van der Waals surface area contributed by atoms with Crippen LogP contribution < -0.4 is 5.32 Å². The molecular formula is C77H143NO5. The van der Waals surface area contributed by atoms with Crippen LogP contribution in [0.3, 0.4) is 0 Å². The Bertz CT molecular complexity index is 1430. The van der Waals surface area contributed by atoms with E-state index in [-0.39, 0.29) is 18.5 Å². The number of ether oxygens (including phenoxy) is 1. The number of esters is 1. The molecule has 0 aromatic heterocycles. The van der Waals surface area contributed by atoms with Crippen molar-refractivity contribution in [1.29, 1.82) is 0 Å². The monoisotopic (exact) mass is 1160 g/mol. The summed E-state index contributed by atoms with van der Waals surface area (Å²) in [6.45, 7) is 4.90. The molecule has 2 atom stereocenters. The molecule has 0 aliphatic carbocycles. The molecule has 3 N–H and O–H groups in total. The molecular weight excluding hydrogens is 1020 g/mol. The Morgan fingerprint density at radius 2 is 0.602 bits per heavy atom. The zero-order valence-electron chi connectivity index (χ0n) is 55.7. The summed E-state index contributed by atoms with van der Waals surface area (Å²) in [6.07, 6.45) is 95.9. The third-order valence-corrected chi connectivity index (χ3v) is 17.0. The third-order valence-electron chi connectivity index (χ3n) is 17.0. The van der Waals surface area contributed by atoms with Gasteiger partial charge in [-0.1, -0.05) is 344 Å². The normalized spacial score (nSPS) is 12.9. The molecule has 6 nitrogen and oxygen atoms in total. The van der Waals surface area contributed by atoms with Crippen LogP contribution in [0.15, 0.2) is 60.8 Å². The van der Waals surface area contributed by atoms with Crippen molar-refractivity contribution in [1.82, 2.24) is 5.32 Å². The minimum absolute atomic E-state index is 0.00394. The molecule has 0 bridgehead atoms. The zero-order chi connectivity index (χ0) is 59.9. The number of hydrogen-bond acceptors (Lipinski definition) is 5. The molecule has 0 aromatic carbocycles. The Kier molecular flexibility index (Phi) is 69.9. The van der Waals surface area contributed by atoms with Gasteiger partial charge >= 0.3 is 5.97 Å². The second-order valence-corrected chi connectivity index (χ2v) is 25.3. The lowest BCUT2D eigenvalue weighted by atomic mass is 10.0. The SMILES string of the molecule is CCCCC/C=C\C/C=C\CCCCCCCCCC(=O)OCCCCCCCCCCC/C=C\C/C=C\CCCCCCCCCCCCCCCC(=O)NC(CO)C(O)/C=C/CCCCCCCCCCCCCCCCCCCC. The highest BCUT2D eigenvalue weighted by molar-refractivity contribution is 5.76. The second kappa shape index (κ2) is 72.0. The fourth-order valence-corrected chi connectivity index (χ4v) is 11.3. The summed E-state index contributed by atoms with van der Waals surface area (Å²) in [5.41, 5.74) is 0. The first-order valence-corrected chi connectivity index (χ1v) is 37.1. The maximum Gasteiger partial charge on any atom is 0.305 e. The van der Waals surface area contributed by atoms with Crippen LogP contribution in [0.2, 0.25) is 0 Å². The average Bonchev–Trinajstić information content (AvgIpc) is 3.48. The van der Waals surface area contributed by atoms with E-state index >= 15 is 0 Å². The van der Waals surface area contributed by atoms with Gasteiger partial charge in [-0.25, -0.2) is 0 Å². The first-order valence-electron chi connectivity index (χ1n) is 37.1. The molecule has 0 aliphatic rings. The minimum Gasteiger partial charge on any atom is -0.466 e. The van der Waals surface area contributed by atoms with Gasteiger partial charge in [0.15, 0.2) is 0 Å². The molecule has 83 heavy (non-hydrogen) atoms. The molecule has 0 saturated heterocycles. The Hall–Kier alpha value is -2.44. The standard InChI is InChI=1S/C77H143NO5/c1-3-5-7-9-11-13-15-17-19-21-22-34-38-41-45-49-53-57-61-65-69-75(80)74(73-79)78-76(81)70-66-62-58-54-50-46-42-39-35-32-30-28-26-24-23-25-27-29-31-33-36-40-44-48-52-56-60-64-68-72-83-77(82)71-67-63-59-55-51-47-43-37-20-18-16-14-12-10-8-6-4-2/h12,14,18,20,23,25,29,31,65,69,74-75,79-80H,3-11,13,15-17,19,21-22,24,26-28,30,32-64,66-68,70-73H2,1-2H3,(H,78,81)/b14-12-,20-18-,25-23-,31-29-,69-65+. The van der Waals surface area contributed by atoms with Crippen molar-refractivity contribution in [2.24, 2.45) is 0 Å². The topological polar surface area (TPSA) is 95.9 Å². The molecule has 2 unspecified atom stereocenters. The quantitative estimate of drug-likeness (QED) is 0.0320. The Morgan fingerprint density at radius 3 is 0.940 bits per heavy atom. The van der Waals surface area contributed by atoms with Crippen molar-refractivity contribution in [3.63, 3.8) is 0 Å². The fourth-order valence-electron chi connectivity index (χ4n) is 11.3. The van der Waals surface area contributed by atoms with Gasteiger partial charge in [0, 0.05) is 12.8 Å². The largest absolute Gasteiger partial charge is 0.466 e. The Labute approximate surface area is 518 Å². The lowest BCUT2D eigenvalue weighted by molar-refractivity contribution is -0.143. The van der Waals surface area contributed by atoms with Crippen molar-refractivity contribution >= 4 is 11.9 Å². The van der Waals surface area contributed by atoms with E-state index in [4.69, 9.17) is 4.74 Å². The second-order valence-electron chi connectivity index (χ2n) is 25.3. The van der Waals surface area contributed by atoms with Crippen LogP contribution >= 0.6 is 0 Å². The number of carbonyl (C=O) groups is 2. The number of rotatable bonds is 69. The van der Waals surface area contributed by atoms with Crippen molar-refractivity contribution in [2.45, 2.75) is 405 Å². The van der Waals surface area contributed by atoms with E-state index in [1.54, 1.807) is 6.08 Å². The summed E-state index contributed by atoms with van der Waals surface area (Å²) in [6, 6.07) is -0.631. The molecule has 486 valence electrons. The first kappa shape index (κ1) is 80.6. The van der Waals surface area contributed by atoms with E-state index in [2.05, 4.69) is 67.8 Å². The number of aliphatic hydroxyl groups is 2. The summed E-state index contributed by atoms with van der Waals surface area (Å²) < 4.78 is 5.49. The fraction of sp³-hybridized carbons (Fsp3) is 0.844. The average molecular weight is 1160 g/mol. The minimum atomic E-state index is -0.847. The lowest BCUT2D eigenvalue weighted by Gasteiger charge is -2.20. The van der Waals surface area contributed by atoms with Crippen LogP contribution in [0, 0.1) is 0 Å². The van der Waals surface area contributed by atoms with Gasteiger partial charge in [0.1, 0.15) is 0 Å². The number of nitrogens with one attached hydrogen (secondary N) is 1. The smallest absolute Gasteiger partial charge is 0.305 e. The maximum absolute atomic E-state index is 12.5. The summed E-state index contributed by atoms with van der Waals surface area (Å²) >= 11 is 0. The summed E-state index contributed by atoms with van der Waals surface area (Å²) in [5.74, 6) is -0.0622. The van der Waals surface area contributed by atoms with Gasteiger partial charge in [-0.05, 0) is 96.3 Å². The van der Waals surface area contributed by atoms with Crippen molar-refractivity contribution in [3.8, 4) is 0 Å². The number of allylic oxidation sites excluding steroid dienone is 9. The van der Waals surface area contributed by atoms with E-state index in [1.165, 1.54) is 308 Å². The van der Waals surface area contributed by atoms with Gasteiger partial charge in [0.05, 0.1) is 25.4 Å². The van der Waals surface area contributed by atoms with E-state index in [0.29, 0.717) is 19.4 Å². The molecule has 0 radical (unpaired) electrons. The van der Waals surface area contributed by atoms with Crippen LogP contribution in [0.4, 0.5) is 0 Å². The van der Waals surface area contributed by atoms with E-state index in [9.17, 15) is 19.8 Å². The summed E-state index contributed by atoms with van der Waals surface area (Å²) in [4.78, 5) is 24.6. The molecule has 0 rings (SSSR count). The summed E-state index contributed by atoms with van der Waals surface area (Å²) in [5, 5.41) is 23.2. The van der Waals surface area contributed by atoms with Gasteiger partial charge in [-0.15, -0.1) is 0 Å². The first-order chi connectivity index (χ1) is 41.0. The molecule has 0 spiro atoms. The lowest BCUT2D eigenvalue weighted by Crippen LogP contribution is -2.45. The van der Waals surface area contributed by atoms with Gasteiger partial charge in [0.25, 0.3) is 0 Å². The molecule has 1 amide bonds. The van der Waals surface area contributed by atoms with Crippen LogP contribution in [0.5, 0.6) is 0 Å². The number of amides is 1. The van der Waals surface area contributed by atoms with Crippen molar-refractivity contribution < 1.29 is 24.5 Å². The molecule has 0 fully saturated rings. The summed E-state index contributed by atoms with van der Waals surface area (Å²) in [7, 11) is 0. The van der Waals surface area contributed by atoms with Gasteiger partial charge in [-0.3, -0.25) is 9.59 Å². The van der Waals surface area contributed by atoms with E-state index in [0.717, 1.165) is 57.8 Å². The molecule has 0 aromatic rings. The highest BCUT2D eigenvalue weighted by atomic mass is 16.5. The highest BCUT2D eigenvalue weighted by Gasteiger charge is 2.18. The number of aliphatic hydroxyl groups excluding tert-OH is 2. The third kappa shape index (κ3) is 68.5. The van der Waals surface area contributed by atoms with E-state index in [1.807, 2.05) is 6.08 Å². The molecule has 6 heteroatoms. The van der Waals surface area contributed by atoms with Crippen LogP contribution in [0.25, 0.3) is 0 Å². The number of unbranched alkanes of at least 4 members (excludes halogenated alkanes) is 50. The predicted molar refractivity (Wildman–Crippen MR) is 365 cm³/mol. The predicted octanol–water partition coefficient (Wildman–Crippen LogP) is 24.2. The van der Waals surface area contributed by atoms with Crippen LogP contribution in [-0.2, 0) is 14.3 Å². The maximum atomic E-state index is 12.5. The van der Waals surface area contributed by atoms with Gasteiger partial charge in [0.2, 0.25) is 5.91 Å². The Morgan fingerprint density at radius 1 is 0.337 bits per heavy atom. The molecule has 0 aliphatic heterocycles. The van der Waals surface area contributed by atoms with Crippen LogP contribution in [0.1, 0.15) is 393 Å². The van der Waals surface area contributed by atoms with Crippen LogP contribution in [-0.4, -0.2) is 47.4 Å². The van der Waals surface area contributed by atoms with Gasteiger partial charge < -0.3 is 20.3 Å². The molecule has 0 heterocycles. The zero-order valence-corrected chi connectivity index (χ0v) is 55.7. The highest BCUT2D eigenvalue weighted by Crippen LogP contribution is 2.18. The van der Waals surface area contributed by atoms with E-state index < -0.39 is 12.1 Å². The number of hydrogen-bond donors (Lipinski definition) is 3. The van der Waals surface area contributed by atoms with Crippen molar-refractivity contribution in [2.75, 3.05) is 13.2 Å². The van der Waals surface area contributed by atoms with Crippen molar-refractivity contribution in [3.05, 3.63) is 60.8 Å². The van der Waals surface area contributed by atoms with Gasteiger partial charge in [-0.2, -0.15) is 0 Å². The number of carbonyl (C=O) groups excluding carboxylic acids is 2.